The van der Waals surface area contributed by atoms with Crippen LogP contribution in [0.2, 0.25) is 0 Å². The van der Waals surface area contributed by atoms with Crippen LogP contribution in [-0.4, -0.2) is 26.3 Å². The Morgan fingerprint density at radius 2 is 1.76 bits per heavy atom. The number of aromatic amines is 1. The van der Waals surface area contributed by atoms with Crippen LogP contribution in [-0.2, 0) is 11.3 Å². The number of rotatable bonds is 6. The van der Waals surface area contributed by atoms with E-state index < -0.39 is 0 Å². The summed E-state index contributed by atoms with van der Waals surface area (Å²) in [5.41, 5.74) is 1.97. The number of hydrogen-bond donors (Lipinski definition) is 1. The maximum absolute atomic E-state index is 13.1. The third kappa shape index (κ3) is 4.48. The average Bonchev–Trinajstić information content (AvgIpc) is 3.05. The van der Waals surface area contributed by atoms with Crippen LogP contribution >= 0.6 is 11.8 Å². The van der Waals surface area contributed by atoms with Crippen molar-refractivity contribution in [3.05, 3.63) is 72.1 Å². The summed E-state index contributed by atoms with van der Waals surface area (Å²) < 4.78 is 0. The van der Waals surface area contributed by atoms with Gasteiger partial charge in [-0.1, -0.05) is 60.3 Å². The molecule has 0 saturated carbocycles. The highest BCUT2D eigenvalue weighted by molar-refractivity contribution is 8.00. The minimum Gasteiger partial charge on any atom is -0.307 e. The van der Waals surface area contributed by atoms with Crippen molar-refractivity contribution in [2.75, 3.05) is 4.90 Å². The van der Waals surface area contributed by atoms with Crippen molar-refractivity contribution in [1.82, 2.24) is 15.2 Å². The van der Waals surface area contributed by atoms with Crippen LogP contribution in [0.3, 0.4) is 0 Å². The molecule has 1 atom stereocenters. The second-order valence-electron chi connectivity index (χ2n) is 5.71. The molecule has 0 aliphatic rings. The molecular formula is C19H20N4OS. The fourth-order valence-electron chi connectivity index (χ4n) is 2.47. The van der Waals surface area contributed by atoms with Crippen LogP contribution in [0.25, 0.3) is 0 Å². The number of aryl methyl sites for hydroxylation is 1. The molecule has 3 rings (SSSR count). The van der Waals surface area contributed by atoms with Crippen LogP contribution in [0.15, 0.2) is 65.8 Å². The van der Waals surface area contributed by atoms with Crippen molar-refractivity contribution >= 4 is 23.4 Å². The summed E-state index contributed by atoms with van der Waals surface area (Å²) in [6, 6.07) is 19.7. The molecule has 0 radical (unpaired) electrons. The molecule has 1 aromatic heterocycles. The Morgan fingerprint density at radius 1 is 1.12 bits per heavy atom. The van der Waals surface area contributed by atoms with Crippen molar-refractivity contribution < 1.29 is 4.79 Å². The van der Waals surface area contributed by atoms with E-state index in [0.717, 1.165) is 17.1 Å². The van der Waals surface area contributed by atoms with E-state index in [9.17, 15) is 4.79 Å². The van der Waals surface area contributed by atoms with E-state index in [4.69, 9.17) is 0 Å². The van der Waals surface area contributed by atoms with Gasteiger partial charge in [0, 0.05) is 5.69 Å². The lowest BCUT2D eigenvalue weighted by molar-refractivity contribution is -0.118. The van der Waals surface area contributed by atoms with Gasteiger partial charge in [0.15, 0.2) is 0 Å². The number of carbonyl (C=O) groups excluding carboxylic acids is 1. The van der Waals surface area contributed by atoms with Crippen LogP contribution in [0.4, 0.5) is 5.69 Å². The Kier molecular flexibility index (Phi) is 5.50. The van der Waals surface area contributed by atoms with Gasteiger partial charge in [-0.3, -0.25) is 9.89 Å². The Morgan fingerprint density at radius 3 is 2.36 bits per heavy atom. The Hall–Kier alpha value is -2.60. The molecule has 0 spiro atoms. The van der Waals surface area contributed by atoms with Gasteiger partial charge in [0.25, 0.3) is 0 Å². The van der Waals surface area contributed by atoms with Crippen molar-refractivity contribution in [3.63, 3.8) is 0 Å². The molecule has 1 heterocycles. The number of carbonyl (C=O) groups is 1. The number of nitrogens with zero attached hydrogens (tertiary/aromatic N) is 3. The topological polar surface area (TPSA) is 61.9 Å². The standard InChI is InChI=1S/C19H20N4OS/c1-14(25-19-20-15(2)21-22-19)18(24)23(17-11-7-4-8-12-17)13-16-9-5-3-6-10-16/h3-12,14H,13H2,1-2H3,(H,20,21,22). The fraction of sp³-hybridized carbons (Fsp3) is 0.211. The molecule has 3 aromatic rings. The highest BCUT2D eigenvalue weighted by Gasteiger charge is 2.24. The van der Waals surface area contributed by atoms with Gasteiger partial charge in [0.2, 0.25) is 11.1 Å². The van der Waals surface area contributed by atoms with E-state index in [0.29, 0.717) is 11.7 Å². The fourth-order valence-corrected chi connectivity index (χ4v) is 3.31. The number of hydrogen-bond acceptors (Lipinski definition) is 4. The normalized spacial score (nSPS) is 11.9. The van der Waals surface area contributed by atoms with Crippen molar-refractivity contribution in [2.45, 2.75) is 30.8 Å². The predicted octanol–water partition coefficient (Wildman–Crippen LogP) is 3.83. The summed E-state index contributed by atoms with van der Waals surface area (Å²) in [6.07, 6.45) is 0. The lowest BCUT2D eigenvalue weighted by Crippen LogP contribution is -2.36. The molecule has 0 fully saturated rings. The third-order valence-corrected chi connectivity index (χ3v) is 4.67. The molecule has 6 heteroatoms. The largest absolute Gasteiger partial charge is 0.307 e. The van der Waals surface area contributed by atoms with Crippen molar-refractivity contribution in [3.8, 4) is 0 Å². The molecule has 2 aromatic carbocycles. The minimum atomic E-state index is -0.292. The zero-order chi connectivity index (χ0) is 17.6. The maximum Gasteiger partial charge on any atom is 0.240 e. The second-order valence-corrected chi connectivity index (χ2v) is 7.02. The molecule has 0 aliphatic heterocycles. The first kappa shape index (κ1) is 17.2. The summed E-state index contributed by atoms with van der Waals surface area (Å²) in [7, 11) is 0. The van der Waals surface area contributed by atoms with E-state index >= 15 is 0 Å². The number of benzene rings is 2. The predicted molar refractivity (Wildman–Crippen MR) is 101 cm³/mol. The number of aromatic nitrogens is 3. The highest BCUT2D eigenvalue weighted by atomic mass is 32.2. The zero-order valence-electron chi connectivity index (χ0n) is 14.2. The lowest BCUT2D eigenvalue weighted by atomic mass is 10.2. The van der Waals surface area contributed by atoms with Gasteiger partial charge in [-0.25, -0.2) is 4.98 Å². The van der Waals surface area contributed by atoms with Gasteiger partial charge < -0.3 is 4.90 Å². The molecule has 1 amide bonds. The average molecular weight is 352 g/mol. The third-order valence-electron chi connectivity index (χ3n) is 3.72. The highest BCUT2D eigenvalue weighted by Crippen LogP contribution is 2.25. The Labute approximate surface area is 151 Å². The number of thioether (sulfide) groups is 1. The molecule has 0 saturated heterocycles. The van der Waals surface area contributed by atoms with Crippen LogP contribution in [0, 0.1) is 6.92 Å². The van der Waals surface area contributed by atoms with E-state index in [1.807, 2.05) is 79.4 Å². The number of para-hydroxylation sites is 1. The van der Waals surface area contributed by atoms with Crippen LogP contribution in [0.5, 0.6) is 0 Å². The molecule has 0 bridgehead atoms. The summed E-state index contributed by atoms with van der Waals surface area (Å²) >= 11 is 1.36. The SMILES string of the molecule is Cc1nc(SC(C)C(=O)N(Cc2ccccc2)c2ccccc2)n[nH]1. The smallest absolute Gasteiger partial charge is 0.240 e. The van der Waals surface area contributed by atoms with Crippen LogP contribution < -0.4 is 4.90 Å². The van der Waals surface area contributed by atoms with Crippen molar-refractivity contribution in [2.24, 2.45) is 0 Å². The molecule has 0 aliphatic carbocycles. The number of H-pyrrole nitrogens is 1. The van der Waals surface area contributed by atoms with Gasteiger partial charge in [0.1, 0.15) is 5.82 Å². The molecular weight excluding hydrogens is 332 g/mol. The van der Waals surface area contributed by atoms with E-state index in [2.05, 4.69) is 15.2 Å². The zero-order valence-corrected chi connectivity index (χ0v) is 15.0. The summed E-state index contributed by atoms with van der Waals surface area (Å²) in [6.45, 7) is 4.26. The van der Waals surface area contributed by atoms with Gasteiger partial charge >= 0.3 is 0 Å². The minimum absolute atomic E-state index is 0.0301. The number of nitrogens with one attached hydrogen (secondary N) is 1. The molecule has 25 heavy (non-hydrogen) atoms. The summed E-state index contributed by atoms with van der Waals surface area (Å²) in [4.78, 5) is 19.2. The van der Waals surface area contributed by atoms with E-state index in [1.165, 1.54) is 11.8 Å². The quantitative estimate of drug-likeness (QED) is 0.685. The maximum atomic E-state index is 13.1. The number of anilines is 1. The summed E-state index contributed by atoms with van der Waals surface area (Å²) in [5, 5.41) is 7.21. The first-order chi connectivity index (χ1) is 12.1. The number of amides is 1. The van der Waals surface area contributed by atoms with E-state index in [-0.39, 0.29) is 11.2 Å². The molecule has 5 nitrogen and oxygen atoms in total. The monoisotopic (exact) mass is 352 g/mol. The van der Waals surface area contributed by atoms with Gasteiger partial charge in [-0.2, -0.15) is 0 Å². The first-order valence-corrected chi connectivity index (χ1v) is 8.97. The van der Waals surface area contributed by atoms with Gasteiger partial charge in [-0.05, 0) is 31.5 Å². The lowest BCUT2D eigenvalue weighted by Gasteiger charge is -2.25. The second kappa shape index (κ2) is 7.98. The van der Waals surface area contributed by atoms with Gasteiger partial charge in [-0.15, -0.1) is 5.10 Å². The molecule has 128 valence electrons. The summed E-state index contributed by atoms with van der Waals surface area (Å²) in [5.74, 6) is 0.772. The Bertz CT molecular complexity index is 820. The molecule has 1 N–H and O–H groups in total. The van der Waals surface area contributed by atoms with Crippen molar-refractivity contribution in [1.29, 1.82) is 0 Å². The molecule has 1 unspecified atom stereocenters. The Balaban J connectivity index is 1.81. The van der Waals surface area contributed by atoms with Gasteiger partial charge in [0.05, 0.1) is 11.8 Å². The van der Waals surface area contributed by atoms with E-state index in [1.54, 1.807) is 0 Å². The van der Waals surface area contributed by atoms with Crippen LogP contribution in [0.1, 0.15) is 18.3 Å². The first-order valence-electron chi connectivity index (χ1n) is 8.09.